The topological polar surface area (TPSA) is 88.4 Å². The van der Waals surface area contributed by atoms with Crippen LogP contribution in [-0.2, 0) is 17.6 Å². The van der Waals surface area contributed by atoms with E-state index in [1.807, 2.05) is 13.0 Å². The number of rotatable bonds is 10. The molecule has 0 spiro atoms. The van der Waals surface area contributed by atoms with Crippen molar-refractivity contribution in [2.24, 2.45) is 0 Å². The maximum absolute atomic E-state index is 14.3. The first-order valence-corrected chi connectivity index (χ1v) is 10.5. The van der Waals surface area contributed by atoms with Gasteiger partial charge < -0.3 is 14.7 Å². The molecule has 0 bridgehead atoms. The van der Waals surface area contributed by atoms with Crippen molar-refractivity contribution in [1.29, 1.82) is 0 Å². The van der Waals surface area contributed by atoms with Crippen molar-refractivity contribution in [3.05, 3.63) is 40.2 Å². The summed E-state index contributed by atoms with van der Waals surface area (Å²) in [5.41, 5.74) is 0.330. The standard InChI is InChI=1S/C21H24ClF3N4O3/c1-13-6-15(27-28-20(13)29-5-4-21(25,11-29)12-30)2-3-16(31)7-14-8-17(22)26-19(9-14)32-10-18(23)24/h6,8-9,18,30H,2-5,7,10-12H2,1H3. The summed E-state index contributed by atoms with van der Waals surface area (Å²) in [4.78, 5) is 18.0. The number of hydrogen-bond acceptors (Lipinski definition) is 7. The van der Waals surface area contributed by atoms with Gasteiger partial charge in [0.1, 0.15) is 10.9 Å². The summed E-state index contributed by atoms with van der Waals surface area (Å²) in [6, 6.07) is 4.71. The SMILES string of the molecule is Cc1cc(CCC(=O)Cc2cc(Cl)nc(OCC(F)F)c2)nnc1N1CCC(F)(CO)C1. The molecular formula is C21H24ClF3N4O3. The fourth-order valence-corrected chi connectivity index (χ4v) is 3.77. The van der Waals surface area contributed by atoms with Gasteiger partial charge in [0.2, 0.25) is 5.88 Å². The lowest BCUT2D eigenvalue weighted by Gasteiger charge is -2.21. The average Bonchev–Trinajstić information content (AvgIpc) is 3.13. The number of nitrogens with zero attached hydrogens (tertiary/aromatic N) is 4. The Morgan fingerprint density at radius 3 is 2.78 bits per heavy atom. The fraction of sp³-hybridized carbons (Fsp3) is 0.524. The molecule has 1 unspecified atom stereocenters. The Labute approximate surface area is 188 Å². The Bertz CT molecular complexity index is 966. The van der Waals surface area contributed by atoms with Crippen LogP contribution in [0, 0.1) is 6.92 Å². The molecule has 0 amide bonds. The van der Waals surface area contributed by atoms with Gasteiger partial charge in [0.15, 0.2) is 18.1 Å². The number of Topliss-reactive ketones (excluding diaryl/α,β-unsaturated/α-hetero) is 1. The van der Waals surface area contributed by atoms with Gasteiger partial charge in [-0.1, -0.05) is 11.6 Å². The Morgan fingerprint density at radius 1 is 1.34 bits per heavy atom. The molecule has 1 atom stereocenters. The zero-order chi connectivity index (χ0) is 23.3. The molecule has 1 aliphatic rings. The van der Waals surface area contributed by atoms with Crippen LogP contribution >= 0.6 is 11.6 Å². The third-order valence-electron chi connectivity index (χ3n) is 5.14. The summed E-state index contributed by atoms with van der Waals surface area (Å²) in [6.45, 7) is 1.01. The van der Waals surface area contributed by atoms with E-state index in [0.29, 0.717) is 30.0 Å². The second-order valence-electron chi connectivity index (χ2n) is 7.88. The molecule has 1 fully saturated rings. The summed E-state index contributed by atoms with van der Waals surface area (Å²) in [5.74, 6) is 0.411. The third-order valence-corrected chi connectivity index (χ3v) is 5.34. The summed E-state index contributed by atoms with van der Waals surface area (Å²) in [7, 11) is 0. The van der Waals surface area contributed by atoms with Gasteiger partial charge in [-0.3, -0.25) is 4.79 Å². The van der Waals surface area contributed by atoms with Crippen LogP contribution in [0.1, 0.15) is 29.7 Å². The van der Waals surface area contributed by atoms with Gasteiger partial charge in [0.05, 0.1) is 18.8 Å². The molecule has 11 heteroatoms. The largest absolute Gasteiger partial charge is 0.472 e. The van der Waals surface area contributed by atoms with Crippen molar-refractivity contribution >= 4 is 23.2 Å². The first-order valence-electron chi connectivity index (χ1n) is 10.1. The molecule has 2 aromatic rings. The molecule has 1 N–H and O–H groups in total. The predicted octanol–water partition coefficient (Wildman–Crippen LogP) is 3.13. The van der Waals surface area contributed by atoms with E-state index in [4.69, 9.17) is 16.3 Å². The molecule has 32 heavy (non-hydrogen) atoms. The van der Waals surface area contributed by atoms with Gasteiger partial charge >= 0.3 is 0 Å². The molecule has 7 nitrogen and oxygen atoms in total. The Morgan fingerprint density at radius 2 is 2.12 bits per heavy atom. The van der Waals surface area contributed by atoms with E-state index in [-0.39, 0.29) is 42.6 Å². The highest BCUT2D eigenvalue weighted by Crippen LogP contribution is 2.30. The van der Waals surface area contributed by atoms with E-state index >= 15 is 0 Å². The van der Waals surface area contributed by atoms with Gasteiger partial charge in [0, 0.05) is 31.9 Å². The van der Waals surface area contributed by atoms with Crippen LogP contribution in [0.25, 0.3) is 0 Å². The molecular weight excluding hydrogens is 449 g/mol. The highest BCUT2D eigenvalue weighted by atomic mass is 35.5. The van der Waals surface area contributed by atoms with Crippen molar-refractivity contribution in [1.82, 2.24) is 15.2 Å². The molecule has 0 aromatic carbocycles. The number of aromatic nitrogens is 3. The number of pyridine rings is 1. The lowest BCUT2D eigenvalue weighted by molar-refractivity contribution is -0.118. The van der Waals surface area contributed by atoms with Crippen LogP contribution in [0.4, 0.5) is 19.0 Å². The highest BCUT2D eigenvalue weighted by molar-refractivity contribution is 6.29. The second kappa shape index (κ2) is 10.4. The maximum atomic E-state index is 14.3. The highest BCUT2D eigenvalue weighted by Gasteiger charge is 2.38. The Kier molecular flexibility index (Phi) is 7.89. The van der Waals surface area contributed by atoms with Gasteiger partial charge in [0.25, 0.3) is 6.43 Å². The van der Waals surface area contributed by atoms with E-state index in [2.05, 4.69) is 15.2 Å². The summed E-state index contributed by atoms with van der Waals surface area (Å²) >= 11 is 5.89. The predicted molar refractivity (Wildman–Crippen MR) is 112 cm³/mol. The van der Waals surface area contributed by atoms with Crippen molar-refractivity contribution in [2.45, 2.75) is 44.7 Å². The van der Waals surface area contributed by atoms with Gasteiger partial charge in [-0.05, 0) is 36.6 Å². The average molecular weight is 473 g/mol. The molecule has 174 valence electrons. The molecule has 0 aliphatic carbocycles. The molecule has 0 saturated carbocycles. The number of aliphatic hydroxyl groups is 1. The minimum Gasteiger partial charge on any atom is -0.472 e. The van der Waals surface area contributed by atoms with Crippen LogP contribution in [0.2, 0.25) is 5.15 Å². The number of anilines is 1. The summed E-state index contributed by atoms with van der Waals surface area (Å²) < 4.78 is 43.8. The number of alkyl halides is 3. The van der Waals surface area contributed by atoms with E-state index < -0.39 is 25.3 Å². The number of ketones is 1. The zero-order valence-corrected chi connectivity index (χ0v) is 18.3. The lowest BCUT2D eigenvalue weighted by Crippen LogP contribution is -2.33. The summed E-state index contributed by atoms with van der Waals surface area (Å²) in [5, 5.41) is 17.6. The number of ether oxygens (including phenoxy) is 1. The molecule has 3 rings (SSSR count). The van der Waals surface area contributed by atoms with Crippen LogP contribution < -0.4 is 9.64 Å². The van der Waals surface area contributed by atoms with Crippen LogP contribution in [0.15, 0.2) is 18.2 Å². The molecule has 1 saturated heterocycles. The first-order chi connectivity index (χ1) is 15.2. The molecule has 0 radical (unpaired) electrons. The van der Waals surface area contributed by atoms with Crippen LogP contribution in [0.3, 0.4) is 0 Å². The third kappa shape index (κ3) is 6.52. The first kappa shape index (κ1) is 24.2. The van der Waals surface area contributed by atoms with E-state index in [0.717, 1.165) is 5.56 Å². The summed E-state index contributed by atoms with van der Waals surface area (Å²) in [6.07, 6.45) is -1.80. The number of carbonyl (C=O) groups is 1. The Hall–Kier alpha value is -2.46. The van der Waals surface area contributed by atoms with Crippen molar-refractivity contribution in [2.75, 3.05) is 31.2 Å². The second-order valence-corrected chi connectivity index (χ2v) is 8.26. The minimum atomic E-state index is -2.64. The van der Waals surface area contributed by atoms with Crippen LogP contribution in [-0.4, -0.2) is 64.5 Å². The van der Waals surface area contributed by atoms with Crippen LogP contribution in [0.5, 0.6) is 5.88 Å². The quantitative estimate of drug-likeness (QED) is 0.531. The van der Waals surface area contributed by atoms with Crippen molar-refractivity contribution < 1.29 is 27.8 Å². The zero-order valence-electron chi connectivity index (χ0n) is 17.5. The van der Waals surface area contributed by atoms with Crippen molar-refractivity contribution in [3.63, 3.8) is 0 Å². The number of hydrogen-bond donors (Lipinski definition) is 1. The van der Waals surface area contributed by atoms with Gasteiger partial charge in [-0.15, -0.1) is 5.10 Å². The number of carbonyl (C=O) groups excluding carboxylic acids is 1. The van der Waals surface area contributed by atoms with Crippen molar-refractivity contribution in [3.8, 4) is 5.88 Å². The Balaban J connectivity index is 1.56. The number of halogens is 4. The minimum absolute atomic E-state index is 0.0469. The van der Waals surface area contributed by atoms with E-state index in [1.54, 1.807) is 4.90 Å². The maximum Gasteiger partial charge on any atom is 0.272 e. The smallest absolute Gasteiger partial charge is 0.272 e. The molecule has 2 aromatic heterocycles. The van der Waals surface area contributed by atoms with E-state index in [9.17, 15) is 23.1 Å². The van der Waals surface area contributed by atoms with E-state index in [1.165, 1.54) is 12.1 Å². The number of aryl methyl sites for hydroxylation is 2. The molecule has 1 aliphatic heterocycles. The lowest BCUT2D eigenvalue weighted by atomic mass is 10.1. The van der Waals surface area contributed by atoms with Gasteiger partial charge in [-0.25, -0.2) is 18.2 Å². The molecule has 3 heterocycles. The monoisotopic (exact) mass is 472 g/mol. The van der Waals surface area contributed by atoms with Gasteiger partial charge in [-0.2, -0.15) is 5.10 Å². The fourth-order valence-electron chi connectivity index (χ4n) is 3.54. The number of aliphatic hydroxyl groups excluding tert-OH is 1. The normalized spacial score (nSPS) is 18.4.